The SMILES string of the molecule is C=C(C)NC(=O)Nc1ccc(C2=NC(Cc3ccccc3C(F)(F)F)C(=O)Nc3ccc(Cl)cc32)cc1. The molecule has 3 N–H and O–H groups in total. The summed E-state index contributed by atoms with van der Waals surface area (Å²) in [5.74, 6) is -0.537. The Kier molecular flexibility index (Phi) is 7.35. The van der Waals surface area contributed by atoms with Crippen LogP contribution in [0.1, 0.15) is 29.2 Å². The van der Waals surface area contributed by atoms with Crippen molar-refractivity contribution in [2.75, 3.05) is 10.6 Å². The number of carbonyl (C=O) groups is 2. The van der Waals surface area contributed by atoms with Crippen LogP contribution in [-0.2, 0) is 17.4 Å². The summed E-state index contributed by atoms with van der Waals surface area (Å²) in [4.78, 5) is 29.7. The second kappa shape index (κ2) is 10.5. The Bertz CT molecular complexity index is 1400. The fraction of sp³-hybridized carbons (Fsp3) is 0.148. The zero-order chi connectivity index (χ0) is 26.7. The zero-order valence-electron chi connectivity index (χ0n) is 19.6. The van der Waals surface area contributed by atoms with Crippen LogP contribution in [-0.4, -0.2) is 23.7 Å². The van der Waals surface area contributed by atoms with Gasteiger partial charge in [-0.05, 0) is 48.9 Å². The lowest BCUT2D eigenvalue weighted by atomic mass is 9.98. The van der Waals surface area contributed by atoms with E-state index in [4.69, 9.17) is 11.6 Å². The number of allylic oxidation sites excluding steroid dienone is 1. The molecule has 10 heteroatoms. The van der Waals surface area contributed by atoms with Gasteiger partial charge in [-0.2, -0.15) is 13.2 Å². The van der Waals surface area contributed by atoms with Crippen LogP contribution in [0.5, 0.6) is 0 Å². The minimum Gasteiger partial charge on any atom is -0.324 e. The lowest BCUT2D eigenvalue weighted by Crippen LogP contribution is -2.28. The largest absolute Gasteiger partial charge is 0.416 e. The predicted octanol–water partition coefficient (Wildman–Crippen LogP) is 6.41. The summed E-state index contributed by atoms with van der Waals surface area (Å²) < 4.78 is 40.8. The number of rotatable bonds is 5. The average Bonchev–Trinajstić information content (AvgIpc) is 2.95. The molecule has 0 saturated carbocycles. The molecule has 190 valence electrons. The monoisotopic (exact) mass is 526 g/mol. The summed E-state index contributed by atoms with van der Waals surface area (Å²) in [6, 6.07) is 15.1. The second-order valence-electron chi connectivity index (χ2n) is 8.47. The fourth-order valence-electron chi connectivity index (χ4n) is 3.94. The molecule has 0 spiro atoms. The van der Waals surface area contributed by atoms with Crippen molar-refractivity contribution in [2.45, 2.75) is 25.6 Å². The highest BCUT2D eigenvalue weighted by atomic mass is 35.5. The van der Waals surface area contributed by atoms with E-state index in [1.165, 1.54) is 18.2 Å². The van der Waals surface area contributed by atoms with Gasteiger partial charge in [0.15, 0.2) is 0 Å². The van der Waals surface area contributed by atoms with Crippen molar-refractivity contribution >= 4 is 40.6 Å². The molecule has 4 rings (SSSR count). The molecule has 0 bridgehead atoms. The van der Waals surface area contributed by atoms with E-state index in [2.05, 4.69) is 27.5 Å². The maximum Gasteiger partial charge on any atom is 0.416 e. The van der Waals surface area contributed by atoms with E-state index in [1.54, 1.807) is 49.4 Å². The Morgan fingerprint density at radius 3 is 2.49 bits per heavy atom. The van der Waals surface area contributed by atoms with E-state index in [1.807, 2.05) is 0 Å². The molecule has 0 aliphatic carbocycles. The number of nitrogens with zero attached hydrogens (tertiary/aromatic N) is 1. The van der Waals surface area contributed by atoms with Gasteiger partial charge >= 0.3 is 12.2 Å². The van der Waals surface area contributed by atoms with Crippen LogP contribution in [0.25, 0.3) is 0 Å². The molecule has 0 radical (unpaired) electrons. The van der Waals surface area contributed by atoms with Crippen molar-refractivity contribution in [3.63, 3.8) is 0 Å². The number of amides is 3. The van der Waals surface area contributed by atoms with Gasteiger partial charge in [0.25, 0.3) is 0 Å². The number of aliphatic imine (C=N–C) groups is 1. The molecule has 1 unspecified atom stereocenters. The number of carbonyl (C=O) groups excluding carboxylic acids is 2. The van der Waals surface area contributed by atoms with E-state index in [-0.39, 0.29) is 12.0 Å². The molecule has 37 heavy (non-hydrogen) atoms. The topological polar surface area (TPSA) is 82.6 Å². The number of anilines is 2. The maximum atomic E-state index is 13.6. The first kappa shape index (κ1) is 26.0. The number of alkyl halides is 3. The predicted molar refractivity (Wildman–Crippen MR) is 138 cm³/mol. The number of benzene rings is 3. The molecule has 3 amide bonds. The molecule has 3 aromatic rings. The third-order valence-electron chi connectivity index (χ3n) is 5.56. The summed E-state index contributed by atoms with van der Waals surface area (Å²) in [5.41, 5.74) is 2.04. The molecule has 1 atom stereocenters. The van der Waals surface area contributed by atoms with E-state index in [0.29, 0.717) is 38.9 Å². The van der Waals surface area contributed by atoms with Gasteiger partial charge in [-0.25, -0.2) is 4.79 Å². The number of hydrogen-bond donors (Lipinski definition) is 3. The summed E-state index contributed by atoms with van der Waals surface area (Å²) in [7, 11) is 0. The highest BCUT2D eigenvalue weighted by Gasteiger charge is 2.35. The Hall–Kier alpha value is -4.11. The Labute approximate surface area is 216 Å². The van der Waals surface area contributed by atoms with Gasteiger partial charge in [0.2, 0.25) is 5.91 Å². The van der Waals surface area contributed by atoms with Crippen LogP contribution >= 0.6 is 11.6 Å². The van der Waals surface area contributed by atoms with Gasteiger partial charge in [0, 0.05) is 34.0 Å². The maximum absolute atomic E-state index is 13.6. The van der Waals surface area contributed by atoms with Crippen LogP contribution < -0.4 is 16.0 Å². The quantitative estimate of drug-likeness (QED) is 0.359. The van der Waals surface area contributed by atoms with Gasteiger partial charge in [-0.1, -0.05) is 48.5 Å². The van der Waals surface area contributed by atoms with Crippen molar-refractivity contribution in [3.8, 4) is 0 Å². The molecule has 1 aliphatic heterocycles. The van der Waals surface area contributed by atoms with Crippen LogP contribution in [0, 0.1) is 0 Å². The molecule has 0 aromatic heterocycles. The summed E-state index contributed by atoms with van der Waals surface area (Å²) in [5, 5.41) is 8.37. The number of nitrogens with one attached hydrogen (secondary N) is 3. The van der Waals surface area contributed by atoms with Crippen molar-refractivity contribution in [1.82, 2.24) is 5.32 Å². The Morgan fingerprint density at radius 1 is 1.11 bits per heavy atom. The smallest absolute Gasteiger partial charge is 0.324 e. The highest BCUT2D eigenvalue weighted by molar-refractivity contribution is 6.32. The van der Waals surface area contributed by atoms with Gasteiger partial charge in [0.1, 0.15) is 6.04 Å². The van der Waals surface area contributed by atoms with E-state index in [9.17, 15) is 22.8 Å². The molecule has 1 heterocycles. The number of fused-ring (bicyclic) bond motifs is 1. The van der Waals surface area contributed by atoms with Crippen molar-refractivity contribution in [3.05, 3.63) is 106 Å². The number of halogens is 4. The molecular weight excluding hydrogens is 505 g/mol. The fourth-order valence-corrected chi connectivity index (χ4v) is 4.11. The van der Waals surface area contributed by atoms with Gasteiger partial charge in [-0.15, -0.1) is 0 Å². The molecular formula is C27H22ClF3N4O2. The van der Waals surface area contributed by atoms with Crippen LogP contribution in [0.3, 0.4) is 0 Å². The molecule has 6 nitrogen and oxygen atoms in total. The normalized spacial score (nSPS) is 15.1. The lowest BCUT2D eigenvalue weighted by Gasteiger charge is -2.16. The Morgan fingerprint density at radius 2 is 1.81 bits per heavy atom. The standard InChI is InChI=1S/C27H22ClF3N4O2/c1-15(2)32-26(37)33-19-10-7-16(8-11-19)24-20-14-18(28)9-12-22(20)35-25(36)23(34-24)13-17-5-3-4-6-21(17)27(29,30)31/h3-12,14,23H,1,13H2,2H3,(H,35,36)(H2,32,33,37). The first-order valence-electron chi connectivity index (χ1n) is 11.2. The lowest BCUT2D eigenvalue weighted by molar-refractivity contribution is -0.138. The minimum atomic E-state index is -4.57. The number of hydrogen-bond acceptors (Lipinski definition) is 3. The van der Waals surface area contributed by atoms with E-state index in [0.717, 1.165) is 6.07 Å². The van der Waals surface area contributed by atoms with Crippen LogP contribution in [0.4, 0.5) is 29.3 Å². The van der Waals surface area contributed by atoms with E-state index < -0.39 is 29.7 Å². The van der Waals surface area contributed by atoms with Crippen LogP contribution in [0.2, 0.25) is 5.02 Å². The third-order valence-corrected chi connectivity index (χ3v) is 5.80. The first-order valence-corrected chi connectivity index (χ1v) is 11.6. The molecule has 0 saturated heterocycles. The second-order valence-corrected chi connectivity index (χ2v) is 8.90. The van der Waals surface area contributed by atoms with Crippen molar-refractivity contribution < 1.29 is 22.8 Å². The first-order chi connectivity index (χ1) is 17.5. The summed E-state index contributed by atoms with van der Waals surface area (Å²) in [6.45, 7) is 5.26. The van der Waals surface area contributed by atoms with E-state index >= 15 is 0 Å². The minimum absolute atomic E-state index is 0.0367. The summed E-state index contributed by atoms with van der Waals surface area (Å²) >= 11 is 6.23. The number of urea groups is 1. The van der Waals surface area contributed by atoms with Gasteiger partial charge in [-0.3, -0.25) is 9.79 Å². The average molecular weight is 527 g/mol. The molecule has 0 fully saturated rings. The summed E-state index contributed by atoms with van der Waals surface area (Å²) in [6.07, 6.45) is -4.83. The van der Waals surface area contributed by atoms with Crippen LogP contribution in [0.15, 0.2) is 84.0 Å². The number of benzodiazepines with no additional fused rings is 1. The van der Waals surface area contributed by atoms with Crippen molar-refractivity contribution in [1.29, 1.82) is 0 Å². The van der Waals surface area contributed by atoms with Gasteiger partial charge in [0.05, 0.1) is 17.0 Å². The van der Waals surface area contributed by atoms with Gasteiger partial charge < -0.3 is 16.0 Å². The third kappa shape index (κ3) is 6.18. The highest BCUT2D eigenvalue weighted by Crippen LogP contribution is 2.34. The Balaban J connectivity index is 1.74. The molecule has 3 aromatic carbocycles. The molecule has 1 aliphatic rings. The zero-order valence-corrected chi connectivity index (χ0v) is 20.4. The van der Waals surface area contributed by atoms with Crippen molar-refractivity contribution in [2.24, 2.45) is 4.99 Å².